The van der Waals surface area contributed by atoms with Crippen LogP contribution in [0.15, 0.2) is 24.3 Å². The van der Waals surface area contributed by atoms with Crippen LogP contribution in [0.4, 0.5) is 9.59 Å². The third-order valence-corrected chi connectivity index (χ3v) is 5.13. The van der Waals surface area contributed by atoms with Crippen LogP contribution < -0.4 is 15.4 Å². The molecule has 1 aromatic carbocycles. The molecule has 2 N–H and O–H groups in total. The number of ether oxygens (including phenoxy) is 1. The number of methoxy groups -OCH3 is 1. The van der Waals surface area contributed by atoms with Crippen molar-refractivity contribution in [2.24, 2.45) is 0 Å². The molecule has 1 aromatic rings. The smallest absolute Gasteiger partial charge is 0.323 e. The summed E-state index contributed by atoms with van der Waals surface area (Å²) in [6, 6.07) is 6.78. The summed E-state index contributed by atoms with van der Waals surface area (Å²) in [5.74, 6) is 0.474. The lowest BCUT2D eigenvalue weighted by Crippen LogP contribution is -2.49. The number of hydrogen-bond acceptors (Lipinski definition) is 4. The van der Waals surface area contributed by atoms with Crippen molar-refractivity contribution in [3.05, 3.63) is 29.8 Å². The second kappa shape index (κ2) is 7.34. The van der Waals surface area contributed by atoms with E-state index in [0.29, 0.717) is 6.42 Å². The standard InChI is InChI=1S/C18H25N5O4/c1-5-13(11-6-8-12(27-4)9-7-11)19-14(24)10-23-16-15(20-17(23)25)21(2)18(26)22(16)3/h6-9,13,15-16H,5,10H2,1-4H3,(H,19,24)(H,20,25). The quantitative estimate of drug-likeness (QED) is 0.774. The van der Waals surface area contributed by atoms with Gasteiger partial charge in [0.05, 0.1) is 13.2 Å². The first kappa shape index (κ1) is 18.8. The first-order valence-corrected chi connectivity index (χ1v) is 8.87. The van der Waals surface area contributed by atoms with Crippen molar-refractivity contribution in [2.75, 3.05) is 27.7 Å². The summed E-state index contributed by atoms with van der Waals surface area (Å²) >= 11 is 0. The van der Waals surface area contributed by atoms with Gasteiger partial charge in [-0.2, -0.15) is 0 Å². The molecule has 0 aromatic heterocycles. The van der Waals surface area contributed by atoms with E-state index in [-0.39, 0.29) is 30.6 Å². The topological polar surface area (TPSA) is 94.2 Å². The Hall–Kier alpha value is -2.97. The predicted molar refractivity (Wildman–Crippen MR) is 97.9 cm³/mol. The number of likely N-dealkylation sites (N-methyl/N-ethyl adjacent to an activating group) is 2. The zero-order valence-corrected chi connectivity index (χ0v) is 15.9. The van der Waals surface area contributed by atoms with E-state index >= 15 is 0 Å². The molecule has 0 aliphatic carbocycles. The summed E-state index contributed by atoms with van der Waals surface area (Å²) in [4.78, 5) is 41.3. The molecule has 2 aliphatic rings. The van der Waals surface area contributed by atoms with Crippen molar-refractivity contribution in [1.29, 1.82) is 0 Å². The second-order valence-corrected chi connectivity index (χ2v) is 6.74. The fourth-order valence-electron chi connectivity index (χ4n) is 3.59. The Balaban J connectivity index is 1.67. The number of carbonyl (C=O) groups excluding carboxylic acids is 3. The number of carbonyl (C=O) groups is 3. The lowest BCUT2D eigenvalue weighted by molar-refractivity contribution is -0.123. The van der Waals surface area contributed by atoms with E-state index < -0.39 is 12.3 Å². The van der Waals surface area contributed by atoms with Gasteiger partial charge in [-0.25, -0.2) is 9.59 Å². The van der Waals surface area contributed by atoms with Gasteiger partial charge in [0.2, 0.25) is 5.91 Å². The lowest BCUT2D eigenvalue weighted by Gasteiger charge is -2.27. The molecule has 2 aliphatic heterocycles. The molecule has 5 amide bonds. The molecule has 2 fully saturated rings. The van der Waals surface area contributed by atoms with Gasteiger partial charge in [-0.1, -0.05) is 19.1 Å². The Morgan fingerprint density at radius 2 is 1.89 bits per heavy atom. The van der Waals surface area contributed by atoms with Gasteiger partial charge in [0.1, 0.15) is 24.6 Å². The first-order chi connectivity index (χ1) is 12.9. The maximum atomic E-state index is 12.6. The minimum atomic E-state index is -0.498. The third kappa shape index (κ3) is 3.36. The Labute approximate surface area is 158 Å². The average Bonchev–Trinajstić information content (AvgIpc) is 3.09. The van der Waals surface area contributed by atoms with Crippen LogP contribution in [0.25, 0.3) is 0 Å². The number of amides is 5. The highest BCUT2D eigenvalue weighted by Crippen LogP contribution is 2.26. The molecule has 3 atom stereocenters. The number of rotatable bonds is 6. The summed E-state index contributed by atoms with van der Waals surface area (Å²) in [5, 5.41) is 5.72. The van der Waals surface area contributed by atoms with E-state index in [1.165, 1.54) is 14.7 Å². The number of nitrogens with one attached hydrogen (secondary N) is 2. The minimum Gasteiger partial charge on any atom is -0.497 e. The normalized spacial score (nSPS) is 22.6. The molecule has 0 saturated carbocycles. The maximum Gasteiger partial charge on any atom is 0.323 e. The van der Waals surface area contributed by atoms with Crippen LogP contribution in [0.5, 0.6) is 5.75 Å². The van der Waals surface area contributed by atoms with Crippen LogP contribution in [0.1, 0.15) is 24.9 Å². The number of hydrogen-bond donors (Lipinski definition) is 2. The van der Waals surface area contributed by atoms with Crippen molar-refractivity contribution in [1.82, 2.24) is 25.3 Å². The molecule has 27 heavy (non-hydrogen) atoms. The molecular formula is C18H25N5O4. The number of nitrogens with zero attached hydrogens (tertiary/aromatic N) is 3. The van der Waals surface area contributed by atoms with Crippen LogP contribution in [0.2, 0.25) is 0 Å². The van der Waals surface area contributed by atoms with E-state index in [0.717, 1.165) is 11.3 Å². The monoisotopic (exact) mass is 375 g/mol. The van der Waals surface area contributed by atoms with E-state index in [1.807, 2.05) is 31.2 Å². The van der Waals surface area contributed by atoms with E-state index in [1.54, 1.807) is 21.2 Å². The number of urea groups is 2. The molecule has 146 valence electrons. The Morgan fingerprint density at radius 1 is 1.22 bits per heavy atom. The summed E-state index contributed by atoms with van der Waals surface area (Å²) < 4.78 is 5.16. The van der Waals surface area contributed by atoms with Gasteiger partial charge in [-0.3, -0.25) is 9.69 Å². The number of fused-ring (bicyclic) bond motifs is 1. The van der Waals surface area contributed by atoms with Gasteiger partial charge in [0.25, 0.3) is 0 Å². The van der Waals surface area contributed by atoms with E-state index in [9.17, 15) is 14.4 Å². The summed E-state index contributed by atoms with van der Waals surface area (Å²) in [5.41, 5.74) is 0.961. The maximum absolute atomic E-state index is 12.6. The zero-order chi connectivity index (χ0) is 19.7. The Morgan fingerprint density at radius 3 is 2.48 bits per heavy atom. The summed E-state index contributed by atoms with van der Waals surface area (Å²) in [6.45, 7) is 1.86. The van der Waals surface area contributed by atoms with Gasteiger partial charge in [-0.15, -0.1) is 0 Å². The SMILES string of the molecule is CCC(NC(=O)CN1C(=O)NC2C1N(C)C(=O)N2C)c1ccc(OC)cc1. The van der Waals surface area contributed by atoms with Crippen molar-refractivity contribution in [3.63, 3.8) is 0 Å². The predicted octanol–water partition coefficient (Wildman–Crippen LogP) is 0.937. The second-order valence-electron chi connectivity index (χ2n) is 6.74. The molecule has 0 radical (unpaired) electrons. The van der Waals surface area contributed by atoms with E-state index in [4.69, 9.17) is 4.74 Å². The Bertz CT molecular complexity index is 738. The van der Waals surface area contributed by atoms with Crippen molar-refractivity contribution >= 4 is 18.0 Å². The van der Waals surface area contributed by atoms with Crippen LogP contribution >= 0.6 is 0 Å². The van der Waals surface area contributed by atoms with Crippen molar-refractivity contribution in [3.8, 4) is 5.75 Å². The molecule has 0 spiro atoms. The van der Waals surface area contributed by atoms with Gasteiger partial charge >= 0.3 is 12.1 Å². The minimum absolute atomic E-state index is 0.120. The molecular weight excluding hydrogens is 350 g/mol. The average molecular weight is 375 g/mol. The Kier molecular flexibility index (Phi) is 5.11. The van der Waals surface area contributed by atoms with Crippen LogP contribution in [0, 0.1) is 0 Å². The molecule has 9 nitrogen and oxygen atoms in total. The molecule has 2 saturated heterocycles. The van der Waals surface area contributed by atoms with Crippen LogP contribution in [-0.4, -0.2) is 72.8 Å². The van der Waals surface area contributed by atoms with E-state index in [2.05, 4.69) is 10.6 Å². The highest BCUT2D eigenvalue weighted by atomic mass is 16.5. The summed E-state index contributed by atoms with van der Waals surface area (Å²) in [6.07, 6.45) is -0.245. The first-order valence-electron chi connectivity index (χ1n) is 8.87. The van der Waals surface area contributed by atoms with Gasteiger partial charge in [-0.05, 0) is 24.1 Å². The third-order valence-electron chi connectivity index (χ3n) is 5.13. The van der Waals surface area contributed by atoms with Gasteiger partial charge < -0.3 is 25.2 Å². The highest BCUT2D eigenvalue weighted by molar-refractivity contribution is 5.88. The molecule has 2 heterocycles. The molecule has 3 unspecified atom stereocenters. The molecule has 9 heteroatoms. The van der Waals surface area contributed by atoms with Crippen molar-refractivity contribution < 1.29 is 19.1 Å². The zero-order valence-electron chi connectivity index (χ0n) is 15.9. The van der Waals surface area contributed by atoms with Crippen LogP contribution in [-0.2, 0) is 4.79 Å². The van der Waals surface area contributed by atoms with Gasteiger partial charge in [0.15, 0.2) is 0 Å². The highest BCUT2D eigenvalue weighted by Gasteiger charge is 2.52. The summed E-state index contributed by atoms with van der Waals surface area (Å²) in [7, 11) is 4.86. The fourth-order valence-corrected chi connectivity index (χ4v) is 3.59. The molecule has 0 bridgehead atoms. The van der Waals surface area contributed by atoms with Crippen LogP contribution in [0.3, 0.4) is 0 Å². The lowest BCUT2D eigenvalue weighted by atomic mass is 10.0. The number of benzene rings is 1. The molecule has 3 rings (SSSR count). The largest absolute Gasteiger partial charge is 0.497 e. The fraction of sp³-hybridized carbons (Fsp3) is 0.500. The van der Waals surface area contributed by atoms with Crippen molar-refractivity contribution in [2.45, 2.75) is 31.7 Å². The van der Waals surface area contributed by atoms with Gasteiger partial charge in [0, 0.05) is 14.1 Å².